The van der Waals surface area contributed by atoms with Gasteiger partial charge in [0.05, 0.1) is 25.4 Å². The normalized spacial score (nSPS) is 19.3. The average Bonchev–Trinajstić information content (AvgIpc) is 3.46. The van der Waals surface area contributed by atoms with E-state index in [-0.39, 0.29) is 19.4 Å². The summed E-state index contributed by atoms with van der Waals surface area (Å²) in [6, 6.07) is -1.05. The largest absolute Gasteiger partial charge is 0.454 e. The van der Waals surface area contributed by atoms with Crippen LogP contribution in [0.2, 0.25) is 0 Å². The first-order valence-electron chi connectivity index (χ1n) is 32.9. The summed E-state index contributed by atoms with van der Waals surface area (Å²) in [5, 5.41) is 57.0. The van der Waals surface area contributed by atoms with Crippen molar-refractivity contribution >= 4 is 11.9 Å². The fourth-order valence-corrected chi connectivity index (χ4v) is 9.96. The first-order chi connectivity index (χ1) is 39.2. The van der Waals surface area contributed by atoms with Gasteiger partial charge in [-0.1, -0.05) is 286 Å². The Hall–Kier alpha value is -3.16. The number of hydrogen-bond acceptors (Lipinski definition) is 10. The lowest BCUT2D eigenvalue weighted by Crippen LogP contribution is -2.61. The van der Waals surface area contributed by atoms with Crippen LogP contribution >= 0.6 is 0 Å². The number of unbranched alkanes of at least 4 members (excludes halogenated alkanes) is 33. The van der Waals surface area contributed by atoms with Crippen LogP contribution in [0.3, 0.4) is 0 Å². The number of allylic oxidation sites excluding steroid dienone is 13. The van der Waals surface area contributed by atoms with Gasteiger partial charge >= 0.3 is 5.97 Å². The van der Waals surface area contributed by atoms with E-state index in [1.807, 2.05) is 60.8 Å². The Bertz CT molecular complexity index is 1620. The van der Waals surface area contributed by atoms with Gasteiger partial charge in [0.2, 0.25) is 5.91 Å². The second kappa shape index (κ2) is 56.3. The van der Waals surface area contributed by atoms with Crippen LogP contribution < -0.4 is 5.32 Å². The van der Waals surface area contributed by atoms with Crippen LogP contribution in [0.15, 0.2) is 85.1 Å². The van der Waals surface area contributed by atoms with Crippen molar-refractivity contribution in [3.8, 4) is 0 Å². The van der Waals surface area contributed by atoms with Crippen molar-refractivity contribution in [2.75, 3.05) is 13.2 Å². The molecule has 80 heavy (non-hydrogen) atoms. The van der Waals surface area contributed by atoms with E-state index in [9.17, 15) is 35.1 Å². The minimum Gasteiger partial charge on any atom is -0.454 e. The van der Waals surface area contributed by atoms with E-state index in [4.69, 9.17) is 14.2 Å². The molecule has 1 aliphatic heterocycles. The predicted octanol–water partition coefficient (Wildman–Crippen LogP) is 16.1. The highest BCUT2D eigenvalue weighted by atomic mass is 16.7. The van der Waals surface area contributed by atoms with Crippen molar-refractivity contribution in [2.45, 2.75) is 327 Å². The van der Waals surface area contributed by atoms with Gasteiger partial charge in [-0.05, 0) is 70.6 Å². The van der Waals surface area contributed by atoms with Crippen molar-refractivity contribution < 1.29 is 49.3 Å². The molecule has 0 radical (unpaired) electrons. The molecule has 1 amide bonds. The quantitative estimate of drug-likeness (QED) is 0.0149. The van der Waals surface area contributed by atoms with Gasteiger partial charge in [-0.3, -0.25) is 9.59 Å². The third-order valence-electron chi connectivity index (χ3n) is 15.2. The average molecular weight is 1120 g/mol. The highest BCUT2D eigenvalue weighted by Crippen LogP contribution is 2.26. The first-order valence-corrected chi connectivity index (χ1v) is 32.9. The fraction of sp³-hybridized carbons (Fsp3) is 0.768. The molecule has 1 rings (SSSR count). The zero-order chi connectivity index (χ0) is 58.2. The van der Waals surface area contributed by atoms with Crippen molar-refractivity contribution in [2.24, 2.45) is 0 Å². The topological polar surface area (TPSA) is 175 Å². The number of esters is 1. The zero-order valence-corrected chi connectivity index (χ0v) is 51.2. The molecule has 462 valence electrons. The van der Waals surface area contributed by atoms with Crippen LogP contribution in [-0.4, -0.2) is 99.6 Å². The molecule has 1 saturated heterocycles. The number of nitrogens with one attached hydrogen (secondary N) is 1. The number of carbonyl (C=O) groups excluding carboxylic acids is 2. The lowest BCUT2D eigenvalue weighted by molar-refractivity contribution is -0.305. The second-order valence-electron chi connectivity index (χ2n) is 22.6. The van der Waals surface area contributed by atoms with Crippen LogP contribution in [0.4, 0.5) is 0 Å². The van der Waals surface area contributed by atoms with Gasteiger partial charge in [-0.2, -0.15) is 0 Å². The molecule has 0 aliphatic carbocycles. The molecule has 1 fully saturated rings. The Morgan fingerprint density at radius 3 is 1.39 bits per heavy atom. The summed E-state index contributed by atoms with van der Waals surface area (Å²) in [5.74, 6) is -1.24. The highest BCUT2D eigenvalue weighted by molar-refractivity contribution is 5.80. The van der Waals surface area contributed by atoms with Crippen molar-refractivity contribution in [3.05, 3.63) is 85.1 Å². The summed E-state index contributed by atoms with van der Waals surface area (Å²) in [7, 11) is 0. The van der Waals surface area contributed by atoms with Crippen molar-refractivity contribution in [1.82, 2.24) is 5.32 Å². The van der Waals surface area contributed by atoms with Gasteiger partial charge in [0.25, 0.3) is 0 Å². The number of aliphatic hydroxyl groups is 5. The maximum Gasteiger partial charge on any atom is 0.306 e. The van der Waals surface area contributed by atoms with Crippen molar-refractivity contribution in [1.29, 1.82) is 0 Å². The van der Waals surface area contributed by atoms with Crippen LogP contribution in [-0.2, 0) is 23.8 Å². The number of ether oxygens (including phenoxy) is 3. The minimum atomic E-state index is -1.62. The van der Waals surface area contributed by atoms with Crippen LogP contribution in [0.1, 0.15) is 278 Å². The van der Waals surface area contributed by atoms with E-state index in [2.05, 4.69) is 44.3 Å². The molecule has 0 spiro atoms. The van der Waals surface area contributed by atoms with Gasteiger partial charge in [-0.25, -0.2) is 0 Å². The van der Waals surface area contributed by atoms with E-state index in [1.165, 1.54) is 167 Å². The molecule has 11 nitrogen and oxygen atoms in total. The maximum absolute atomic E-state index is 13.4. The molecule has 1 heterocycles. The van der Waals surface area contributed by atoms with Gasteiger partial charge in [-0.15, -0.1) is 0 Å². The minimum absolute atomic E-state index is 0.117. The van der Waals surface area contributed by atoms with Gasteiger partial charge in [0.1, 0.15) is 24.4 Å². The Morgan fingerprint density at radius 2 is 0.912 bits per heavy atom. The Morgan fingerprint density at radius 1 is 0.500 bits per heavy atom. The van der Waals surface area contributed by atoms with Crippen molar-refractivity contribution in [3.63, 3.8) is 0 Å². The summed E-state index contributed by atoms with van der Waals surface area (Å²) in [6.07, 6.45) is 63.5. The lowest BCUT2D eigenvalue weighted by atomic mass is 9.99. The van der Waals surface area contributed by atoms with Gasteiger partial charge in [0, 0.05) is 6.42 Å². The number of carbonyl (C=O) groups is 2. The molecular formula is C69H121NO10. The Balaban J connectivity index is 2.60. The van der Waals surface area contributed by atoms with Crippen LogP contribution in [0.5, 0.6) is 0 Å². The van der Waals surface area contributed by atoms with E-state index in [0.717, 1.165) is 64.2 Å². The van der Waals surface area contributed by atoms with Gasteiger partial charge < -0.3 is 45.1 Å². The summed E-state index contributed by atoms with van der Waals surface area (Å²) >= 11 is 0. The lowest BCUT2D eigenvalue weighted by Gasteiger charge is -2.41. The number of aliphatic hydroxyl groups excluding tert-OH is 5. The molecule has 8 unspecified atom stereocenters. The smallest absolute Gasteiger partial charge is 0.306 e. The monoisotopic (exact) mass is 1120 g/mol. The Labute approximate surface area is 489 Å². The molecule has 0 aromatic heterocycles. The molecule has 0 aromatic carbocycles. The molecular weight excluding hydrogens is 1000 g/mol. The van der Waals surface area contributed by atoms with E-state index in [0.29, 0.717) is 12.8 Å². The SMILES string of the molecule is CC/C=C/C=C/C=C\C=C/C=C/CCCCC(O)C(=O)NC(COC1OC(CO)C(O)C(O)C1OC(=O)CCCCCCCCCCCCCCCCC/C=C/CCCCCCCC)C(O)/C=C/CCCCCCCCCCCC. The Kier molecular flexibility index (Phi) is 52.7. The van der Waals surface area contributed by atoms with Crippen LogP contribution in [0.25, 0.3) is 0 Å². The molecule has 0 aromatic rings. The van der Waals surface area contributed by atoms with Gasteiger partial charge in [0.15, 0.2) is 12.4 Å². The van der Waals surface area contributed by atoms with Crippen LogP contribution in [0, 0.1) is 0 Å². The summed E-state index contributed by atoms with van der Waals surface area (Å²) < 4.78 is 17.6. The maximum atomic E-state index is 13.4. The van der Waals surface area contributed by atoms with E-state index >= 15 is 0 Å². The third kappa shape index (κ3) is 43.5. The second-order valence-corrected chi connectivity index (χ2v) is 22.6. The fourth-order valence-electron chi connectivity index (χ4n) is 9.96. The van der Waals surface area contributed by atoms with E-state index < -0.39 is 67.4 Å². The number of rotatable bonds is 55. The highest BCUT2D eigenvalue weighted by Gasteiger charge is 2.47. The molecule has 11 heteroatoms. The molecule has 1 aliphatic rings. The number of amides is 1. The molecule has 8 atom stereocenters. The number of hydrogen-bond donors (Lipinski definition) is 6. The first kappa shape index (κ1) is 74.9. The van der Waals surface area contributed by atoms with E-state index in [1.54, 1.807) is 6.08 Å². The summed E-state index contributed by atoms with van der Waals surface area (Å²) in [5.41, 5.74) is 0. The standard InChI is InChI=1S/C69H121NO10/c1-4-7-10-13-16-19-22-25-27-28-29-30-31-32-33-34-35-36-37-39-42-45-48-51-54-57-64(74)80-67-66(76)65(75)63(58-71)79-69(67)78-59-60(61(72)55-52-49-46-43-40-24-21-18-15-12-9-6-3)70-68(77)62(73)56-53-50-47-44-41-38-26-23-20-17-14-11-8-5-2/h8,11,14,17,20,23,25-27,38,41,44,52,55,60-63,65-67,69,71-73,75-76H,4-7,9-10,12-13,15-16,18-19,21-22,24,28-37,39-40,42-43,45-51,53-54,56-59H2,1-3H3,(H,70,77)/b11-8+,17-14+,23-20-,27-25+,38-26-,44-41+,55-52+. The third-order valence-corrected chi connectivity index (χ3v) is 15.2. The molecule has 0 bridgehead atoms. The predicted molar refractivity (Wildman–Crippen MR) is 333 cm³/mol. The zero-order valence-electron chi connectivity index (χ0n) is 51.2. The summed E-state index contributed by atoms with van der Waals surface area (Å²) in [6.45, 7) is 5.62. The molecule has 0 saturated carbocycles. The molecule has 6 N–H and O–H groups in total. The summed E-state index contributed by atoms with van der Waals surface area (Å²) in [4.78, 5) is 26.6.